The molecule has 1 fully saturated rings. The van der Waals surface area contributed by atoms with Gasteiger partial charge < -0.3 is 15.2 Å². The number of anilines is 1. The van der Waals surface area contributed by atoms with Gasteiger partial charge in [0.1, 0.15) is 5.69 Å². The molecule has 2 N–H and O–H groups in total. The fourth-order valence-electron chi connectivity index (χ4n) is 4.48. The molecule has 1 aliphatic heterocycles. The Kier molecular flexibility index (Phi) is 5.49. The lowest BCUT2D eigenvalue weighted by atomic mass is 9.91. The Morgan fingerprint density at radius 3 is 2.67 bits per heavy atom. The number of H-pyrrole nitrogens is 1. The van der Waals surface area contributed by atoms with Crippen LogP contribution in [0.3, 0.4) is 0 Å². The number of fused-ring (bicyclic) bond motifs is 1. The smallest absolute Gasteiger partial charge is 0.381 e. The average Bonchev–Trinajstić information content (AvgIpc) is 3.15. The molecule has 0 radical (unpaired) electrons. The first-order chi connectivity index (χ1) is 14.2. The molecule has 3 aromatic rings. The second-order valence-corrected chi connectivity index (χ2v) is 8.33. The summed E-state index contributed by atoms with van der Waals surface area (Å²) in [5, 5.41) is 4.16. The Morgan fingerprint density at radius 1 is 1.13 bits per heavy atom. The molecule has 0 amide bonds. The summed E-state index contributed by atoms with van der Waals surface area (Å²) in [7, 11) is 2.19. The summed E-state index contributed by atoms with van der Waals surface area (Å²) in [5.41, 5.74) is 2.40. The maximum atomic E-state index is 13.0. The van der Waals surface area contributed by atoms with Gasteiger partial charge in [-0.1, -0.05) is 13.0 Å². The molecule has 0 bridgehead atoms. The van der Waals surface area contributed by atoms with Crippen molar-refractivity contribution in [1.29, 1.82) is 0 Å². The van der Waals surface area contributed by atoms with Gasteiger partial charge >= 0.3 is 6.18 Å². The average molecular weight is 416 g/mol. The third-order valence-corrected chi connectivity index (χ3v) is 6.29. The number of piperidine rings is 1. The van der Waals surface area contributed by atoms with Gasteiger partial charge in [0.15, 0.2) is 0 Å². The van der Waals surface area contributed by atoms with Crippen molar-refractivity contribution in [3.05, 3.63) is 48.4 Å². The van der Waals surface area contributed by atoms with Crippen LogP contribution in [0.1, 0.15) is 38.8 Å². The number of aromatic amines is 1. The van der Waals surface area contributed by atoms with E-state index in [4.69, 9.17) is 0 Å². The SMILES string of the molecule is CCC1C[C@@H](Nc2cncc(-c3ccc4[nH]c(C(F)(F)F)cc4c3)c2)CC(C)N1C. The minimum Gasteiger partial charge on any atom is -0.381 e. The first kappa shape index (κ1) is 20.7. The second kappa shape index (κ2) is 7.95. The predicted octanol–water partition coefficient (Wildman–Crippen LogP) is 5.92. The summed E-state index contributed by atoms with van der Waals surface area (Å²) >= 11 is 0. The number of hydrogen-bond acceptors (Lipinski definition) is 3. The number of benzene rings is 1. The zero-order valence-corrected chi connectivity index (χ0v) is 17.4. The zero-order chi connectivity index (χ0) is 21.5. The van der Waals surface area contributed by atoms with Crippen molar-refractivity contribution in [2.24, 2.45) is 0 Å². The highest BCUT2D eigenvalue weighted by Gasteiger charge is 2.32. The molecule has 7 heteroatoms. The van der Waals surface area contributed by atoms with Crippen LogP contribution in [0, 0.1) is 0 Å². The molecular weight excluding hydrogens is 389 g/mol. The van der Waals surface area contributed by atoms with Crippen molar-refractivity contribution >= 4 is 16.6 Å². The van der Waals surface area contributed by atoms with Crippen LogP contribution in [-0.2, 0) is 6.18 Å². The molecule has 0 saturated carbocycles. The Hall–Kier alpha value is -2.54. The molecule has 4 nitrogen and oxygen atoms in total. The molecule has 1 aliphatic rings. The lowest BCUT2D eigenvalue weighted by Gasteiger charge is -2.42. The van der Waals surface area contributed by atoms with Gasteiger partial charge in [0, 0.05) is 47.0 Å². The van der Waals surface area contributed by atoms with Gasteiger partial charge in [-0.25, -0.2) is 0 Å². The fraction of sp³-hybridized carbons (Fsp3) is 0.435. The number of alkyl halides is 3. The van der Waals surface area contributed by atoms with Crippen molar-refractivity contribution in [1.82, 2.24) is 14.9 Å². The van der Waals surface area contributed by atoms with Gasteiger partial charge in [0.25, 0.3) is 0 Å². The first-order valence-corrected chi connectivity index (χ1v) is 10.4. The van der Waals surface area contributed by atoms with Crippen LogP contribution in [0.5, 0.6) is 0 Å². The van der Waals surface area contributed by atoms with E-state index < -0.39 is 11.9 Å². The molecule has 2 unspecified atom stereocenters. The predicted molar refractivity (Wildman–Crippen MR) is 114 cm³/mol. The number of likely N-dealkylation sites (tertiary alicyclic amines) is 1. The number of halogens is 3. The summed E-state index contributed by atoms with van der Waals surface area (Å²) in [6.45, 7) is 4.48. The lowest BCUT2D eigenvalue weighted by molar-refractivity contribution is -0.140. The summed E-state index contributed by atoms with van der Waals surface area (Å²) in [6.07, 6.45) is 2.43. The molecule has 1 aromatic carbocycles. The Morgan fingerprint density at radius 2 is 1.93 bits per heavy atom. The standard InChI is InChI=1S/C23H27F3N4/c1-4-20-11-18(7-14(2)30(20)3)28-19-9-17(12-27-13-19)15-5-6-21-16(8-15)10-22(29-21)23(24,25)26/h5-6,8-10,12-14,18,20,28-29H,4,7,11H2,1-3H3/t14?,18-,20?/m0/s1. The molecule has 3 atom stereocenters. The summed E-state index contributed by atoms with van der Waals surface area (Å²) in [5.74, 6) is 0. The Balaban J connectivity index is 1.56. The molecule has 3 heterocycles. The summed E-state index contributed by atoms with van der Waals surface area (Å²) in [6, 6.07) is 9.90. The minimum atomic E-state index is -4.38. The van der Waals surface area contributed by atoms with Crippen LogP contribution in [0.25, 0.3) is 22.0 Å². The van der Waals surface area contributed by atoms with Crippen LogP contribution < -0.4 is 5.32 Å². The highest BCUT2D eigenvalue weighted by Crippen LogP contribution is 2.33. The van der Waals surface area contributed by atoms with E-state index in [1.54, 1.807) is 18.3 Å². The van der Waals surface area contributed by atoms with Gasteiger partial charge in [-0.3, -0.25) is 4.98 Å². The first-order valence-electron chi connectivity index (χ1n) is 10.4. The molecule has 2 aromatic heterocycles. The summed E-state index contributed by atoms with van der Waals surface area (Å²) < 4.78 is 38.9. The van der Waals surface area contributed by atoms with Gasteiger partial charge in [-0.15, -0.1) is 0 Å². The topological polar surface area (TPSA) is 44.0 Å². The number of pyridine rings is 1. The fourth-order valence-corrected chi connectivity index (χ4v) is 4.48. The van der Waals surface area contributed by atoms with Crippen molar-refractivity contribution in [2.75, 3.05) is 12.4 Å². The normalized spacial score (nSPS) is 23.1. The molecule has 0 aliphatic carbocycles. The van der Waals surface area contributed by atoms with Crippen LogP contribution >= 0.6 is 0 Å². The third kappa shape index (κ3) is 4.17. The van der Waals surface area contributed by atoms with E-state index in [0.717, 1.165) is 42.1 Å². The van der Waals surface area contributed by atoms with Crippen LogP contribution in [0.4, 0.5) is 18.9 Å². The number of nitrogens with zero attached hydrogens (tertiary/aromatic N) is 2. The van der Waals surface area contributed by atoms with Crippen LogP contribution in [-0.4, -0.2) is 40.0 Å². The third-order valence-electron chi connectivity index (χ3n) is 6.29. The quantitative estimate of drug-likeness (QED) is 0.555. The molecule has 160 valence electrons. The summed E-state index contributed by atoms with van der Waals surface area (Å²) in [4.78, 5) is 9.26. The van der Waals surface area contributed by atoms with Gasteiger partial charge in [0.2, 0.25) is 0 Å². The van der Waals surface area contributed by atoms with Crippen LogP contribution in [0.2, 0.25) is 0 Å². The van der Waals surface area contributed by atoms with Gasteiger partial charge in [0.05, 0.1) is 5.69 Å². The van der Waals surface area contributed by atoms with Gasteiger partial charge in [-0.2, -0.15) is 13.2 Å². The zero-order valence-electron chi connectivity index (χ0n) is 17.4. The highest BCUT2D eigenvalue weighted by molar-refractivity contribution is 5.86. The van der Waals surface area contributed by atoms with E-state index >= 15 is 0 Å². The van der Waals surface area contributed by atoms with Crippen molar-refractivity contribution in [3.63, 3.8) is 0 Å². The molecule has 1 saturated heterocycles. The van der Waals surface area contributed by atoms with E-state index in [1.807, 2.05) is 18.3 Å². The van der Waals surface area contributed by atoms with E-state index in [2.05, 4.69) is 41.1 Å². The van der Waals surface area contributed by atoms with Crippen molar-refractivity contribution in [3.8, 4) is 11.1 Å². The van der Waals surface area contributed by atoms with Gasteiger partial charge in [-0.05, 0) is 63.1 Å². The maximum Gasteiger partial charge on any atom is 0.431 e. The molecular formula is C23H27F3N4. The largest absolute Gasteiger partial charge is 0.431 e. The lowest BCUT2D eigenvalue weighted by Crippen LogP contribution is -2.48. The maximum absolute atomic E-state index is 13.0. The van der Waals surface area contributed by atoms with Crippen LogP contribution in [0.15, 0.2) is 42.7 Å². The van der Waals surface area contributed by atoms with E-state index in [9.17, 15) is 13.2 Å². The van der Waals surface area contributed by atoms with E-state index in [0.29, 0.717) is 29.0 Å². The monoisotopic (exact) mass is 416 g/mol. The minimum absolute atomic E-state index is 0.375. The number of nitrogens with one attached hydrogen (secondary N) is 2. The molecule has 4 rings (SSSR count). The van der Waals surface area contributed by atoms with E-state index in [1.165, 1.54) is 0 Å². The highest BCUT2D eigenvalue weighted by atomic mass is 19.4. The second-order valence-electron chi connectivity index (χ2n) is 8.33. The molecule has 30 heavy (non-hydrogen) atoms. The number of rotatable bonds is 4. The van der Waals surface area contributed by atoms with E-state index in [-0.39, 0.29) is 0 Å². The number of aromatic nitrogens is 2. The number of hydrogen-bond donors (Lipinski definition) is 2. The van der Waals surface area contributed by atoms with Crippen molar-refractivity contribution in [2.45, 2.75) is 57.4 Å². The Labute approximate surface area is 174 Å². The Bertz CT molecular complexity index is 1030. The van der Waals surface area contributed by atoms with Crippen molar-refractivity contribution < 1.29 is 13.2 Å². The molecule has 0 spiro atoms.